The van der Waals surface area contributed by atoms with E-state index in [1.165, 1.54) is 0 Å². The molecule has 0 spiro atoms. The number of epoxide rings is 1. The molecule has 0 bridgehead atoms. The summed E-state index contributed by atoms with van der Waals surface area (Å²) >= 11 is 0. The van der Waals surface area contributed by atoms with Crippen molar-refractivity contribution in [3.63, 3.8) is 0 Å². The van der Waals surface area contributed by atoms with Crippen LogP contribution in [0, 0.1) is 0 Å². The van der Waals surface area contributed by atoms with Gasteiger partial charge in [-0.2, -0.15) is 0 Å². The van der Waals surface area contributed by atoms with E-state index in [1.807, 2.05) is 13.8 Å². The summed E-state index contributed by atoms with van der Waals surface area (Å²) in [5.74, 6) is -0.581. The van der Waals surface area contributed by atoms with Gasteiger partial charge < -0.3 is 23.7 Å². The van der Waals surface area contributed by atoms with Gasteiger partial charge in [0.15, 0.2) is 12.1 Å². The highest BCUT2D eigenvalue weighted by molar-refractivity contribution is 4.96. The highest BCUT2D eigenvalue weighted by atomic mass is 16.8. The molecule has 3 rings (SSSR count). The fourth-order valence-electron chi connectivity index (χ4n) is 2.77. The zero-order chi connectivity index (χ0) is 13.5. The molecule has 3 aliphatic rings. The Morgan fingerprint density at radius 3 is 2.74 bits per heavy atom. The molecule has 0 aromatic heterocycles. The molecule has 0 amide bonds. The largest absolute Gasteiger partial charge is 0.373 e. The zero-order valence-corrected chi connectivity index (χ0v) is 12.0. The van der Waals surface area contributed by atoms with Gasteiger partial charge in [-0.25, -0.2) is 0 Å². The third-order valence-corrected chi connectivity index (χ3v) is 3.79. The van der Waals surface area contributed by atoms with E-state index in [4.69, 9.17) is 23.7 Å². The van der Waals surface area contributed by atoms with Crippen LogP contribution in [0.5, 0.6) is 0 Å². The lowest BCUT2D eigenvalue weighted by Gasteiger charge is -2.25. The lowest BCUT2D eigenvalue weighted by atomic mass is 10.1. The van der Waals surface area contributed by atoms with Crippen LogP contribution in [0.15, 0.2) is 0 Å². The van der Waals surface area contributed by atoms with Gasteiger partial charge in [-0.1, -0.05) is 13.3 Å². The Bertz CT molecular complexity index is 315. The van der Waals surface area contributed by atoms with Crippen LogP contribution in [-0.4, -0.2) is 49.7 Å². The summed E-state index contributed by atoms with van der Waals surface area (Å²) in [6.45, 7) is 7.57. The van der Waals surface area contributed by atoms with E-state index in [0.29, 0.717) is 6.10 Å². The van der Waals surface area contributed by atoms with Crippen molar-refractivity contribution in [2.24, 2.45) is 0 Å². The smallest absolute Gasteiger partial charge is 0.190 e. The molecule has 5 nitrogen and oxygen atoms in total. The van der Waals surface area contributed by atoms with Crippen molar-refractivity contribution in [1.29, 1.82) is 0 Å². The summed E-state index contributed by atoms with van der Waals surface area (Å²) < 4.78 is 29.0. The van der Waals surface area contributed by atoms with Crippen LogP contribution >= 0.6 is 0 Å². The van der Waals surface area contributed by atoms with Crippen LogP contribution in [0.2, 0.25) is 0 Å². The quantitative estimate of drug-likeness (QED) is 0.545. The molecular formula is C14H24O5. The standard InChI is InChI=1S/C14H24O5/c1-4-5-6-15-11-10(7-9-8-16-9)17-13-12(11)18-14(2,3)19-13/h9-13H,4-8H2,1-3H3/t9?,10-,11+,12-,13-/m1/s1. The van der Waals surface area contributed by atoms with E-state index in [-0.39, 0.29) is 24.6 Å². The Hall–Kier alpha value is -0.200. The van der Waals surface area contributed by atoms with Gasteiger partial charge in [0.05, 0.1) is 18.8 Å². The Morgan fingerprint density at radius 1 is 1.26 bits per heavy atom. The third-order valence-electron chi connectivity index (χ3n) is 3.79. The normalized spacial score (nSPS) is 43.4. The van der Waals surface area contributed by atoms with Gasteiger partial charge in [-0.15, -0.1) is 0 Å². The number of rotatable bonds is 6. The first-order chi connectivity index (χ1) is 9.09. The number of hydrogen-bond donors (Lipinski definition) is 0. The van der Waals surface area contributed by atoms with Gasteiger partial charge in [0.25, 0.3) is 0 Å². The number of hydrogen-bond acceptors (Lipinski definition) is 5. The van der Waals surface area contributed by atoms with E-state index in [1.54, 1.807) is 0 Å². The summed E-state index contributed by atoms with van der Waals surface area (Å²) in [6, 6.07) is 0. The first-order valence-corrected chi connectivity index (χ1v) is 7.33. The lowest BCUT2D eigenvalue weighted by molar-refractivity contribution is -0.219. The van der Waals surface area contributed by atoms with Crippen molar-refractivity contribution in [2.45, 2.75) is 76.5 Å². The first-order valence-electron chi connectivity index (χ1n) is 7.33. The third kappa shape index (κ3) is 3.11. The average molecular weight is 272 g/mol. The predicted octanol–water partition coefficient (Wildman–Crippen LogP) is 1.84. The van der Waals surface area contributed by atoms with Crippen LogP contribution in [0.25, 0.3) is 0 Å². The van der Waals surface area contributed by atoms with Crippen LogP contribution in [0.4, 0.5) is 0 Å². The molecule has 1 unspecified atom stereocenters. The van der Waals surface area contributed by atoms with Gasteiger partial charge in [0, 0.05) is 13.0 Å². The SMILES string of the molecule is CCCCO[C@@H]1[C@H]2OC(C)(C)O[C@H]2O[C@@H]1CC1CO1. The number of unbranched alkanes of at least 4 members (excludes halogenated alkanes) is 1. The van der Waals surface area contributed by atoms with Gasteiger partial charge in [-0.3, -0.25) is 0 Å². The maximum Gasteiger partial charge on any atom is 0.190 e. The Morgan fingerprint density at radius 2 is 2.05 bits per heavy atom. The van der Waals surface area contributed by atoms with Gasteiger partial charge in [0.2, 0.25) is 0 Å². The fourth-order valence-corrected chi connectivity index (χ4v) is 2.77. The van der Waals surface area contributed by atoms with Crippen LogP contribution in [-0.2, 0) is 23.7 Å². The molecular weight excluding hydrogens is 248 g/mol. The van der Waals surface area contributed by atoms with E-state index in [9.17, 15) is 0 Å². The van der Waals surface area contributed by atoms with E-state index in [2.05, 4.69) is 6.92 Å². The minimum Gasteiger partial charge on any atom is -0.373 e. The van der Waals surface area contributed by atoms with Crippen molar-refractivity contribution in [3.05, 3.63) is 0 Å². The molecule has 3 heterocycles. The molecule has 19 heavy (non-hydrogen) atoms. The van der Waals surface area contributed by atoms with Crippen LogP contribution < -0.4 is 0 Å². The van der Waals surface area contributed by atoms with Crippen molar-refractivity contribution < 1.29 is 23.7 Å². The van der Waals surface area contributed by atoms with Gasteiger partial charge in [0.1, 0.15) is 12.2 Å². The average Bonchev–Trinajstić information content (AvgIpc) is 3.02. The molecule has 0 aromatic rings. The minimum atomic E-state index is -0.581. The second-order valence-corrected chi connectivity index (χ2v) is 6.02. The van der Waals surface area contributed by atoms with Gasteiger partial charge in [-0.05, 0) is 20.3 Å². The molecule has 3 aliphatic heterocycles. The summed E-state index contributed by atoms with van der Waals surface area (Å²) in [6.07, 6.45) is 2.95. The Kier molecular flexibility index (Phi) is 3.84. The fraction of sp³-hybridized carbons (Fsp3) is 1.00. The van der Waals surface area contributed by atoms with Crippen molar-refractivity contribution >= 4 is 0 Å². The molecule has 0 N–H and O–H groups in total. The highest BCUT2D eigenvalue weighted by Crippen LogP contribution is 2.40. The molecule has 0 aliphatic carbocycles. The van der Waals surface area contributed by atoms with E-state index < -0.39 is 5.79 Å². The van der Waals surface area contributed by atoms with E-state index >= 15 is 0 Å². The molecule has 0 saturated carbocycles. The lowest BCUT2D eigenvalue weighted by Crippen LogP contribution is -2.37. The van der Waals surface area contributed by atoms with E-state index in [0.717, 1.165) is 32.5 Å². The molecule has 0 aromatic carbocycles. The summed E-state index contributed by atoms with van der Waals surface area (Å²) in [4.78, 5) is 0. The predicted molar refractivity (Wildman–Crippen MR) is 67.7 cm³/mol. The Labute approximate surface area is 114 Å². The summed E-state index contributed by atoms with van der Waals surface area (Å²) in [5.41, 5.74) is 0. The number of fused-ring (bicyclic) bond motifs is 1. The second kappa shape index (κ2) is 5.30. The number of ether oxygens (including phenoxy) is 5. The first kappa shape index (κ1) is 13.8. The minimum absolute atomic E-state index is 0.0236. The van der Waals surface area contributed by atoms with Crippen molar-refractivity contribution in [2.75, 3.05) is 13.2 Å². The highest BCUT2D eigenvalue weighted by Gasteiger charge is 2.56. The van der Waals surface area contributed by atoms with Crippen LogP contribution in [0.1, 0.15) is 40.0 Å². The molecule has 5 atom stereocenters. The maximum absolute atomic E-state index is 6.01. The van der Waals surface area contributed by atoms with Crippen molar-refractivity contribution in [3.8, 4) is 0 Å². The monoisotopic (exact) mass is 272 g/mol. The maximum atomic E-state index is 6.01. The molecule has 3 fully saturated rings. The second-order valence-electron chi connectivity index (χ2n) is 6.02. The summed E-state index contributed by atoms with van der Waals surface area (Å²) in [7, 11) is 0. The Balaban J connectivity index is 1.62. The zero-order valence-electron chi connectivity index (χ0n) is 12.0. The molecule has 0 radical (unpaired) electrons. The molecule has 3 saturated heterocycles. The van der Waals surface area contributed by atoms with Crippen LogP contribution in [0.3, 0.4) is 0 Å². The van der Waals surface area contributed by atoms with Gasteiger partial charge >= 0.3 is 0 Å². The molecule has 110 valence electrons. The molecule has 5 heteroatoms. The van der Waals surface area contributed by atoms with Crippen molar-refractivity contribution in [1.82, 2.24) is 0 Å². The topological polar surface area (TPSA) is 49.5 Å². The summed E-state index contributed by atoms with van der Waals surface area (Å²) in [5, 5.41) is 0.